The zero-order valence-electron chi connectivity index (χ0n) is 9.03. The molecule has 0 aliphatic heterocycles. The number of halogens is 2. The van der Waals surface area contributed by atoms with Crippen LogP contribution in [0.25, 0.3) is 11.3 Å². The molecule has 1 heterocycles. The van der Waals surface area contributed by atoms with Gasteiger partial charge in [0.1, 0.15) is 11.0 Å². The third kappa shape index (κ3) is 2.22. The minimum atomic E-state index is 0.501. The van der Waals surface area contributed by atoms with Crippen molar-refractivity contribution < 1.29 is 0 Å². The molecule has 2 nitrogen and oxygen atoms in total. The van der Waals surface area contributed by atoms with E-state index in [-0.39, 0.29) is 0 Å². The Labute approximate surface area is 113 Å². The normalized spacial score (nSPS) is 14.9. The van der Waals surface area contributed by atoms with Gasteiger partial charge in [0, 0.05) is 11.5 Å². The highest BCUT2D eigenvalue weighted by Gasteiger charge is 2.28. The minimum Gasteiger partial charge on any atom is -0.231 e. The fraction of sp³-hybridized carbons (Fsp3) is 0.231. The fourth-order valence-electron chi connectivity index (χ4n) is 1.75. The highest BCUT2D eigenvalue weighted by molar-refractivity contribution is 9.10. The van der Waals surface area contributed by atoms with E-state index in [1.807, 2.05) is 30.3 Å². The van der Waals surface area contributed by atoms with E-state index in [9.17, 15) is 0 Å². The Kier molecular flexibility index (Phi) is 2.89. The van der Waals surface area contributed by atoms with E-state index < -0.39 is 0 Å². The maximum atomic E-state index is 6.14. The second-order valence-corrected chi connectivity index (χ2v) is 5.33. The van der Waals surface area contributed by atoms with E-state index in [4.69, 9.17) is 11.6 Å². The van der Waals surface area contributed by atoms with Crippen molar-refractivity contribution in [1.29, 1.82) is 0 Å². The van der Waals surface area contributed by atoms with Crippen molar-refractivity contribution in [3.63, 3.8) is 0 Å². The van der Waals surface area contributed by atoms with Gasteiger partial charge in [0.25, 0.3) is 0 Å². The molecule has 1 aromatic heterocycles. The fourth-order valence-corrected chi connectivity index (χ4v) is 2.33. The van der Waals surface area contributed by atoms with Gasteiger partial charge in [-0.05, 0) is 28.8 Å². The van der Waals surface area contributed by atoms with Crippen LogP contribution in [0.4, 0.5) is 0 Å². The first-order valence-electron chi connectivity index (χ1n) is 5.54. The largest absolute Gasteiger partial charge is 0.231 e. The molecule has 1 fully saturated rings. The summed E-state index contributed by atoms with van der Waals surface area (Å²) >= 11 is 9.61. The van der Waals surface area contributed by atoms with Crippen LogP contribution in [0.3, 0.4) is 0 Å². The second-order valence-electron chi connectivity index (χ2n) is 4.18. The van der Waals surface area contributed by atoms with Crippen LogP contribution in [0.2, 0.25) is 5.15 Å². The molecule has 0 unspecified atom stereocenters. The molecule has 86 valence electrons. The number of hydrogen-bond acceptors (Lipinski definition) is 2. The van der Waals surface area contributed by atoms with Crippen LogP contribution < -0.4 is 0 Å². The van der Waals surface area contributed by atoms with E-state index >= 15 is 0 Å². The van der Waals surface area contributed by atoms with Crippen molar-refractivity contribution in [2.75, 3.05) is 0 Å². The van der Waals surface area contributed by atoms with Crippen molar-refractivity contribution in [3.05, 3.63) is 45.8 Å². The third-order valence-electron chi connectivity index (χ3n) is 2.82. The number of hydrogen-bond donors (Lipinski definition) is 0. The molecule has 0 atom stereocenters. The summed E-state index contributed by atoms with van der Waals surface area (Å²) in [5.41, 5.74) is 1.94. The van der Waals surface area contributed by atoms with Gasteiger partial charge in [-0.1, -0.05) is 41.9 Å². The lowest BCUT2D eigenvalue weighted by Gasteiger charge is -2.07. The summed E-state index contributed by atoms with van der Waals surface area (Å²) in [6, 6.07) is 10.0. The molecule has 0 radical (unpaired) electrons. The molecule has 0 amide bonds. The van der Waals surface area contributed by atoms with Crippen LogP contribution in [-0.2, 0) is 0 Å². The molecule has 1 aromatic carbocycles. The van der Waals surface area contributed by atoms with Gasteiger partial charge in [-0.2, -0.15) is 0 Å². The number of nitrogens with zero attached hydrogens (tertiary/aromatic N) is 2. The van der Waals surface area contributed by atoms with Crippen molar-refractivity contribution in [3.8, 4) is 11.3 Å². The van der Waals surface area contributed by atoms with Crippen molar-refractivity contribution in [1.82, 2.24) is 9.97 Å². The second kappa shape index (κ2) is 4.39. The standard InChI is InChI=1S/C13H10BrClN2/c14-10-11(8-4-2-1-3-5-8)16-13(9-6-7-9)17-12(10)15/h1-5,9H,6-7H2. The third-order valence-corrected chi connectivity index (χ3v) is 4.07. The van der Waals surface area contributed by atoms with Gasteiger partial charge in [0.05, 0.1) is 10.2 Å². The Morgan fingerprint density at radius 2 is 1.82 bits per heavy atom. The molecular weight excluding hydrogens is 300 g/mol. The summed E-state index contributed by atoms with van der Waals surface area (Å²) < 4.78 is 0.773. The molecule has 1 aliphatic carbocycles. The minimum absolute atomic E-state index is 0.501. The van der Waals surface area contributed by atoms with Gasteiger partial charge in [-0.25, -0.2) is 9.97 Å². The summed E-state index contributed by atoms with van der Waals surface area (Å²) in [6.45, 7) is 0. The molecule has 0 N–H and O–H groups in total. The Hall–Kier alpha value is -0.930. The van der Waals surface area contributed by atoms with Crippen molar-refractivity contribution in [2.45, 2.75) is 18.8 Å². The van der Waals surface area contributed by atoms with Gasteiger partial charge in [-0.3, -0.25) is 0 Å². The average molecular weight is 310 g/mol. The smallest absolute Gasteiger partial charge is 0.147 e. The van der Waals surface area contributed by atoms with E-state index in [1.54, 1.807) is 0 Å². The average Bonchev–Trinajstić information content (AvgIpc) is 3.18. The SMILES string of the molecule is Clc1nc(C2CC2)nc(-c2ccccc2)c1Br. The molecular formula is C13H10BrClN2. The Morgan fingerprint density at radius 3 is 2.47 bits per heavy atom. The number of rotatable bonds is 2. The van der Waals surface area contributed by atoms with Gasteiger partial charge in [-0.15, -0.1) is 0 Å². The monoisotopic (exact) mass is 308 g/mol. The zero-order valence-corrected chi connectivity index (χ0v) is 11.4. The van der Waals surface area contributed by atoms with Gasteiger partial charge in [0.15, 0.2) is 0 Å². The van der Waals surface area contributed by atoms with Crippen LogP contribution >= 0.6 is 27.5 Å². The molecule has 2 aromatic rings. The van der Waals surface area contributed by atoms with Gasteiger partial charge in [0.2, 0.25) is 0 Å². The maximum Gasteiger partial charge on any atom is 0.147 e. The Balaban J connectivity index is 2.14. The van der Waals surface area contributed by atoms with E-state index in [2.05, 4.69) is 25.9 Å². The van der Waals surface area contributed by atoms with E-state index in [1.165, 1.54) is 12.8 Å². The van der Waals surface area contributed by atoms with Gasteiger partial charge < -0.3 is 0 Å². The first kappa shape index (κ1) is 11.2. The summed E-state index contributed by atoms with van der Waals surface area (Å²) in [6.07, 6.45) is 2.35. The molecule has 3 rings (SSSR count). The highest BCUT2D eigenvalue weighted by Crippen LogP contribution is 2.41. The predicted molar refractivity (Wildman–Crippen MR) is 72.2 cm³/mol. The van der Waals surface area contributed by atoms with Crippen molar-refractivity contribution in [2.24, 2.45) is 0 Å². The molecule has 0 spiro atoms. The summed E-state index contributed by atoms with van der Waals surface area (Å²) in [5.74, 6) is 1.38. The molecule has 1 saturated carbocycles. The van der Waals surface area contributed by atoms with Crippen LogP contribution in [0.5, 0.6) is 0 Å². The summed E-state index contributed by atoms with van der Waals surface area (Å²) in [5, 5.41) is 0.501. The summed E-state index contributed by atoms with van der Waals surface area (Å²) in [7, 11) is 0. The molecule has 17 heavy (non-hydrogen) atoms. The predicted octanol–water partition coefficient (Wildman–Crippen LogP) is 4.44. The summed E-state index contributed by atoms with van der Waals surface area (Å²) in [4.78, 5) is 8.95. The lowest BCUT2D eigenvalue weighted by molar-refractivity contribution is 0.926. The molecule has 0 bridgehead atoms. The van der Waals surface area contributed by atoms with Crippen molar-refractivity contribution >= 4 is 27.5 Å². The number of aromatic nitrogens is 2. The lowest BCUT2D eigenvalue weighted by atomic mass is 10.1. The first-order valence-corrected chi connectivity index (χ1v) is 6.71. The molecule has 4 heteroatoms. The van der Waals surface area contributed by atoms with E-state index in [0.717, 1.165) is 21.6 Å². The highest BCUT2D eigenvalue weighted by atomic mass is 79.9. The van der Waals surface area contributed by atoms with Gasteiger partial charge >= 0.3 is 0 Å². The first-order chi connectivity index (χ1) is 8.25. The maximum absolute atomic E-state index is 6.14. The Bertz CT molecular complexity index is 553. The molecule has 0 saturated heterocycles. The molecule has 1 aliphatic rings. The quantitative estimate of drug-likeness (QED) is 0.767. The van der Waals surface area contributed by atoms with Crippen LogP contribution in [0, 0.1) is 0 Å². The zero-order chi connectivity index (χ0) is 11.8. The Morgan fingerprint density at radius 1 is 1.12 bits per heavy atom. The number of benzene rings is 1. The topological polar surface area (TPSA) is 25.8 Å². The lowest BCUT2D eigenvalue weighted by Crippen LogP contribution is -1.97. The van der Waals surface area contributed by atoms with Crippen LogP contribution in [0.1, 0.15) is 24.6 Å². The van der Waals surface area contributed by atoms with Crippen LogP contribution in [-0.4, -0.2) is 9.97 Å². The van der Waals surface area contributed by atoms with Crippen LogP contribution in [0.15, 0.2) is 34.8 Å². The van der Waals surface area contributed by atoms with E-state index in [0.29, 0.717) is 11.1 Å².